The Kier molecular flexibility index (Phi) is 4.66. The van der Waals surface area contributed by atoms with Gasteiger partial charge in [-0.05, 0) is 25.0 Å². The Balaban J connectivity index is 1.62. The largest absolute Gasteiger partial charge is 0.354 e. The number of nitrogens with one attached hydrogen (secondary N) is 1. The molecule has 1 fully saturated rings. The minimum Gasteiger partial charge on any atom is -0.354 e. The van der Waals surface area contributed by atoms with Crippen molar-refractivity contribution in [2.75, 3.05) is 20.1 Å². The number of hydrogen-bond acceptors (Lipinski definition) is 5. The number of thiazole rings is 1. The van der Waals surface area contributed by atoms with Crippen LogP contribution < -0.4 is 5.32 Å². The van der Waals surface area contributed by atoms with E-state index < -0.39 is 0 Å². The first-order valence-electron chi connectivity index (χ1n) is 7.54. The highest BCUT2D eigenvalue weighted by atomic mass is 32.1. The molecule has 1 saturated heterocycles. The Morgan fingerprint density at radius 3 is 2.61 bits per heavy atom. The fraction of sp³-hybridized carbons (Fsp3) is 0.375. The second kappa shape index (κ2) is 6.87. The Bertz CT molecular complexity index is 677. The summed E-state index contributed by atoms with van der Waals surface area (Å²) in [5.41, 5.74) is 3.82. The highest BCUT2D eigenvalue weighted by molar-refractivity contribution is 7.07. The zero-order valence-corrected chi connectivity index (χ0v) is 13.7. The number of nitrogens with zero attached hydrogens (tertiary/aromatic N) is 3. The number of carbonyl (C=O) groups is 2. The number of likely N-dealkylation sites (tertiary alicyclic amines) is 1. The van der Waals surface area contributed by atoms with Crippen LogP contribution in [-0.2, 0) is 0 Å². The van der Waals surface area contributed by atoms with Gasteiger partial charge in [-0.3, -0.25) is 14.6 Å². The standard InChI is InChI=1S/C16H18N4O2S/c1-17-15(21)13-3-2-12(8-18-13)16(22)20-6-4-11(5-7-20)14-9-23-10-19-14/h2-3,8-11H,4-7H2,1H3,(H,17,21). The number of carbonyl (C=O) groups excluding carboxylic acids is 2. The molecule has 2 amide bonds. The average molecular weight is 330 g/mol. The second-order valence-corrected chi connectivity index (χ2v) is 6.21. The first-order chi connectivity index (χ1) is 11.2. The maximum absolute atomic E-state index is 12.5. The molecular formula is C16H18N4O2S. The van der Waals surface area contributed by atoms with Gasteiger partial charge in [0.2, 0.25) is 0 Å². The summed E-state index contributed by atoms with van der Waals surface area (Å²) >= 11 is 1.61. The van der Waals surface area contributed by atoms with Crippen LogP contribution in [0.15, 0.2) is 29.2 Å². The van der Waals surface area contributed by atoms with Gasteiger partial charge < -0.3 is 10.2 Å². The van der Waals surface area contributed by atoms with E-state index in [9.17, 15) is 9.59 Å². The SMILES string of the molecule is CNC(=O)c1ccc(C(=O)N2CCC(c3cscn3)CC2)cn1. The van der Waals surface area contributed by atoms with Crippen LogP contribution in [0.3, 0.4) is 0 Å². The van der Waals surface area contributed by atoms with Crippen molar-refractivity contribution in [1.82, 2.24) is 20.2 Å². The number of aromatic nitrogens is 2. The first-order valence-corrected chi connectivity index (χ1v) is 8.49. The highest BCUT2D eigenvalue weighted by Gasteiger charge is 2.25. The minimum absolute atomic E-state index is 0.0299. The van der Waals surface area contributed by atoms with Crippen LogP contribution >= 0.6 is 11.3 Å². The summed E-state index contributed by atoms with van der Waals surface area (Å²) in [6.07, 6.45) is 3.33. The molecule has 0 bridgehead atoms. The van der Waals surface area contributed by atoms with Gasteiger partial charge >= 0.3 is 0 Å². The maximum atomic E-state index is 12.5. The molecule has 2 aromatic heterocycles. The van der Waals surface area contributed by atoms with Gasteiger partial charge in [-0.25, -0.2) is 4.98 Å². The van der Waals surface area contributed by atoms with E-state index in [-0.39, 0.29) is 11.8 Å². The summed E-state index contributed by atoms with van der Waals surface area (Å²) in [6.45, 7) is 1.44. The lowest BCUT2D eigenvalue weighted by atomic mass is 9.94. The van der Waals surface area contributed by atoms with Crippen molar-refractivity contribution in [2.24, 2.45) is 0 Å². The van der Waals surface area contributed by atoms with Gasteiger partial charge in [0.15, 0.2) is 0 Å². The van der Waals surface area contributed by atoms with Crippen molar-refractivity contribution in [3.63, 3.8) is 0 Å². The fourth-order valence-electron chi connectivity index (χ4n) is 2.77. The maximum Gasteiger partial charge on any atom is 0.269 e. The summed E-state index contributed by atoms with van der Waals surface area (Å²) in [6, 6.07) is 3.24. The molecular weight excluding hydrogens is 312 g/mol. The van der Waals surface area contributed by atoms with Crippen molar-refractivity contribution < 1.29 is 9.59 Å². The molecule has 7 heteroatoms. The summed E-state index contributed by atoms with van der Waals surface area (Å²) in [4.78, 5) is 34.3. The summed E-state index contributed by atoms with van der Waals surface area (Å²) < 4.78 is 0. The van der Waals surface area contributed by atoms with Gasteiger partial charge in [0, 0.05) is 37.6 Å². The molecule has 23 heavy (non-hydrogen) atoms. The van der Waals surface area contributed by atoms with Crippen LogP contribution in [0.4, 0.5) is 0 Å². The van der Waals surface area contributed by atoms with Crippen LogP contribution in [0.25, 0.3) is 0 Å². The molecule has 1 aliphatic rings. The van der Waals surface area contributed by atoms with E-state index in [0.29, 0.717) is 17.2 Å². The van der Waals surface area contributed by atoms with E-state index in [4.69, 9.17) is 0 Å². The van der Waals surface area contributed by atoms with Crippen LogP contribution in [-0.4, -0.2) is 46.8 Å². The molecule has 2 aromatic rings. The van der Waals surface area contributed by atoms with E-state index in [2.05, 4.69) is 20.7 Å². The van der Waals surface area contributed by atoms with Crippen molar-refractivity contribution in [3.05, 3.63) is 46.2 Å². The lowest BCUT2D eigenvalue weighted by molar-refractivity contribution is 0.0711. The number of piperidine rings is 1. The molecule has 0 aliphatic carbocycles. The van der Waals surface area contributed by atoms with Gasteiger partial charge in [-0.1, -0.05) is 0 Å². The van der Waals surface area contributed by atoms with Crippen molar-refractivity contribution >= 4 is 23.2 Å². The zero-order valence-electron chi connectivity index (χ0n) is 12.9. The highest BCUT2D eigenvalue weighted by Crippen LogP contribution is 2.28. The van der Waals surface area contributed by atoms with Crippen LogP contribution in [0, 0.1) is 0 Å². The number of pyridine rings is 1. The fourth-order valence-corrected chi connectivity index (χ4v) is 3.40. The van der Waals surface area contributed by atoms with E-state index in [1.54, 1.807) is 30.5 Å². The van der Waals surface area contributed by atoms with Crippen LogP contribution in [0.5, 0.6) is 0 Å². The molecule has 6 nitrogen and oxygen atoms in total. The van der Waals surface area contributed by atoms with Crippen molar-refractivity contribution in [2.45, 2.75) is 18.8 Å². The predicted molar refractivity (Wildman–Crippen MR) is 87.6 cm³/mol. The van der Waals surface area contributed by atoms with Crippen molar-refractivity contribution in [3.8, 4) is 0 Å². The Hall–Kier alpha value is -2.28. The van der Waals surface area contributed by atoms with E-state index in [1.165, 1.54) is 6.20 Å². The molecule has 1 N–H and O–H groups in total. The molecule has 0 saturated carbocycles. The Morgan fingerprint density at radius 1 is 1.26 bits per heavy atom. The second-order valence-electron chi connectivity index (χ2n) is 5.49. The van der Waals surface area contributed by atoms with Gasteiger partial charge in [0.1, 0.15) is 5.69 Å². The lowest BCUT2D eigenvalue weighted by Crippen LogP contribution is -2.38. The molecule has 0 unspecified atom stereocenters. The molecule has 0 aromatic carbocycles. The van der Waals surface area contributed by atoms with Gasteiger partial charge in [-0.2, -0.15) is 0 Å². The van der Waals surface area contributed by atoms with E-state index in [0.717, 1.165) is 31.6 Å². The molecule has 0 spiro atoms. The topological polar surface area (TPSA) is 75.2 Å². The molecule has 1 aliphatic heterocycles. The lowest BCUT2D eigenvalue weighted by Gasteiger charge is -2.31. The normalized spacial score (nSPS) is 15.4. The van der Waals surface area contributed by atoms with E-state index in [1.807, 2.05) is 10.4 Å². The smallest absolute Gasteiger partial charge is 0.269 e. The van der Waals surface area contributed by atoms with Crippen LogP contribution in [0.2, 0.25) is 0 Å². The van der Waals surface area contributed by atoms with Gasteiger partial charge in [-0.15, -0.1) is 11.3 Å². The molecule has 0 atom stereocenters. The monoisotopic (exact) mass is 330 g/mol. The quantitative estimate of drug-likeness (QED) is 0.933. The third-order valence-corrected chi connectivity index (χ3v) is 4.73. The number of hydrogen-bond donors (Lipinski definition) is 1. The third kappa shape index (κ3) is 3.39. The molecule has 3 rings (SSSR count). The average Bonchev–Trinajstić information content (AvgIpc) is 3.15. The summed E-state index contributed by atoms with van der Waals surface area (Å²) in [7, 11) is 1.55. The van der Waals surface area contributed by atoms with Gasteiger partial charge in [0.05, 0.1) is 16.8 Å². The Morgan fingerprint density at radius 2 is 2.04 bits per heavy atom. The van der Waals surface area contributed by atoms with Gasteiger partial charge in [0.25, 0.3) is 11.8 Å². The predicted octanol–water partition coefficient (Wildman–Crippen LogP) is 1.92. The third-order valence-electron chi connectivity index (χ3n) is 4.12. The number of rotatable bonds is 3. The van der Waals surface area contributed by atoms with E-state index >= 15 is 0 Å². The Labute approximate surface area is 138 Å². The molecule has 0 radical (unpaired) electrons. The number of amides is 2. The van der Waals surface area contributed by atoms with Crippen LogP contribution in [0.1, 0.15) is 45.3 Å². The first kappa shape index (κ1) is 15.6. The molecule has 3 heterocycles. The van der Waals surface area contributed by atoms with Crippen molar-refractivity contribution in [1.29, 1.82) is 0 Å². The molecule has 120 valence electrons. The summed E-state index contributed by atoms with van der Waals surface area (Å²) in [5, 5.41) is 4.60. The summed E-state index contributed by atoms with van der Waals surface area (Å²) in [5.74, 6) is 0.157. The minimum atomic E-state index is -0.256. The zero-order chi connectivity index (χ0) is 16.2.